The summed E-state index contributed by atoms with van der Waals surface area (Å²) >= 11 is 0. The van der Waals surface area contributed by atoms with Crippen molar-refractivity contribution in [1.82, 2.24) is 4.90 Å². The molecule has 0 saturated carbocycles. The quantitative estimate of drug-likeness (QED) is 0.904. The first-order valence-corrected chi connectivity index (χ1v) is 7.39. The monoisotopic (exact) mass is 261 g/mol. The zero-order valence-corrected chi connectivity index (χ0v) is 12.5. The Kier molecular flexibility index (Phi) is 4.83. The summed E-state index contributed by atoms with van der Waals surface area (Å²) in [5, 5.41) is 0. The van der Waals surface area contributed by atoms with Crippen LogP contribution in [0.5, 0.6) is 0 Å². The van der Waals surface area contributed by atoms with Gasteiger partial charge in [0.15, 0.2) is 0 Å². The van der Waals surface area contributed by atoms with Crippen LogP contribution in [-0.2, 0) is 0 Å². The lowest BCUT2D eigenvalue weighted by molar-refractivity contribution is 0.249. The van der Waals surface area contributed by atoms with E-state index in [0.29, 0.717) is 0 Å². The summed E-state index contributed by atoms with van der Waals surface area (Å²) in [7, 11) is 4.36. The van der Waals surface area contributed by atoms with Crippen LogP contribution >= 0.6 is 0 Å². The molecule has 2 rings (SSSR count). The number of piperidine rings is 1. The summed E-state index contributed by atoms with van der Waals surface area (Å²) < 4.78 is 0. The van der Waals surface area contributed by atoms with Gasteiger partial charge in [0, 0.05) is 30.9 Å². The number of hydrogen-bond donors (Lipinski definition) is 1. The van der Waals surface area contributed by atoms with Gasteiger partial charge in [-0.1, -0.05) is 25.1 Å². The third-order valence-corrected chi connectivity index (χ3v) is 4.31. The average Bonchev–Trinajstić information content (AvgIpc) is 2.46. The van der Waals surface area contributed by atoms with E-state index in [1.165, 1.54) is 24.1 Å². The van der Waals surface area contributed by atoms with Crippen molar-refractivity contribution in [2.45, 2.75) is 38.3 Å². The van der Waals surface area contributed by atoms with Crippen molar-refractivity contribution >= 4 is 5.69 Å². The van der Waals surface area contributed by atoms with Crippen LogP contribution in [0.3, 0.4) is 0 Å². The van der Waals surface area contributed by atoms with Crippen LogP contribution in [0, 0.1) is 0 Å². The van der Waals surface area contributed by atoms with Gasteiger partial charge < -0.3 is 15.5 Å². The smallest absolute Gasteiger partial charge is 0.0414 e. The Balaban J connectivity index is 2.11. The van der Waals surface area contributed by atoms with Gasteiger partial charge in [0.2, 0.25) is 0 Å². The highest BCUT2D eigenvalue weighted by Gasteiger charge is 2.22. The first-order valence-electron chi connectivity index (χ1n) is 7.39. The number of anilines is 1. The maximum atomic E-state index is 6.24. The summed E-state index contributed by atoms with van der Waals surface area (Å²) in [6.45, 7) is 4.42. The molecule has 1 saturated heterocycles. The van der Waals surface area contributed by atoms with E-state index < -0.39 is 0 Å². The van der Waals surface area contributed by atoms with Crippen molar-refractivity contribution in [2.24, 2.45) is 5.73 Å². The fourth-order valence-electron chi connectivity index (χ4n) is 2.93. The number of rotatable bonds is 4. The minimum Gasteiger partial charge on any atom is -0.371 e. The van der Waals surface area contributed by atoms with Gasteiger partial charge in [0.1, 0.15) is 0 Å². The van der Waals surface area contributed by atoms with E-state index in [0.717, 1.165) is 25.6 Å². The summed E-state index contributed by atoms with van der Waals surface area (Å²) in [6.07, 6.45) is 3.47. The molecular formula is C16H27N3. The average molecular weight is 261 g/mol. The molecule has 1 heterocycles. The van der Waals surface area contributed by atoms with Crippen molar-refractivity contribution in [3.8, 4) is 0 Å². The molecule has 2 N–H and O–H groups in total. The van der Waals surface area contributed by atoms with Crippen molar-refractivity contribution in [1.29, 1.82) is 0 Å². The molecule has 0 unspecified atom stereocenters. The van der Waals surface area contributed by atoms with Crippen molar-refractivity contribution < 1.29 is 0 Å². The first kappa shape index (κ1) is 14.4. The molecule has 1 atom stereocenters. The van der Waals surface area contributed by atoms with E-state index in [-0.39, 0.29) is 6.04 Å². The lowest BCUT2D eigenvalue weighted by Gasteiger charge is -2.37. The van der Waals surface area contributed by atoms with E-state index >= 15 is 0 Å². The Labute approximate surface area is 117 Å². The molecule has 3 heteroatoms. The minimum absolute atomic E-state index is 0.155. The highest BCUT2D eigenvalue weighted by Crippen LogP contribution is 2.29. The number of hydrogen-bond acceptors (Lipinski definition) is 3. The number of nitrogens with two attached hydrogens (primary N) is 1. The second-order valence-corrected chi connectivity index (χ2v) is 5.76. The molecule has 0 amide bonds. The normalized spacial score (nSPS) is 18.9. The first-order chi connectivity index (χ1) is 9.13. The Hall–Kier alpha value is -1.06. The van der Waals surface area contributed by atoms with Gasteiger partial charge >= 0.3 is 0 Å². The summed E-state index contributed by atoms with van der Waals surface area (Å²) in [5.74, 6) is 0. The van der Waals surface area contributed by atoms with E-state index in [9.17, 15) is 0 Å². The van der Waals surface area contributed by atoms with Gasteiger partial charge in [-0.25, -0.2) is 0 Å². The van der Waals surface area contributed by atoms with E-state index in [1.54, 1.807) is 0 Å². The molecule has 1 aliphatic rings. The van der Waals surface area contributed by atoms with Crippen molar-refractivity contribution in [3.05, 3.63) is 29.8 Å². The van der Waals surface area contributed by atoms with Crippen molar-refractivity contribution in [3.63, 3.8) is 0 Å². The zero-order valence-electron chi connectivity index (χ0n) is 12.5. The van der Waals surface area contributed by atoms with E-state index in [1.807, 2.05) is 0 Å². The van der Waals surface area contributed by atoms with Crippen LogP contribution < -0.4 is 10.6 Å². The minimum atomic E-state index is 0.155. The third kappa shape index (κ3) is 3.28. The van der Waals surface area contributed by atoms with Gasteiger partial charge in [-0.2, -0.15) is 0 Å². The molecule has 0 aliphatic carbocycles. The lowest BCUT2D eigenvalue weighted by Crippen LogP contribution is -2.42. The fraction of sp³-hybridized carbons (Fsp3) is 0.625. The van der Waals surface area contributed by atoms with Crippen LogP contribution in [0.1, 0.15) is 37.8 Å². The summed E-state index contributed by atoms with van der Waals surface area (Å²) in [4.78, 5) is 4.85. The maximum absolute atomic E-state index is 6.24. The lowest BCUT2D eigenvalue weighted by atomic mass is 9.99. The van der Waals surface area contributed by atoms with Gasteiger partial charge in [-0.05, 0) is 45.0 Å². The topological polar surface area (TPSA) is 32.5 Å². The van der Waals surface area contributed by atoms with Gasteiger partial charge in [0.05, 0.1) is 0 Å². The van der Waals surface area contributed by atoms with Crippen LogP contribution in [-0.4, -0.2) is 38.1 Å². The number of nitrogens with zero attached hydrogens (tertiary/aromatic N) is 2. The molecule has 19 heavy (non-hydrogen) atoms. The summed E-state index contributed by atoms with van der Waals surface area (Å²) in [6, 6.07) is 9.51. The number of para-hydroxylation sites is 1. The Morgan fingerprint density at radius 3 is 2.47 bits per heavy atom. The molecule has 106 valence electrons. The molecule has 1 aliphatic heterocycles. The van der Waals surface area contributed by atoms with Crippen molar-refractivity contribution in [2.75, 3.05) is 32.1 Å². The molecule has 0 aromatic heterocycles. The van der Waals surface area contributed by atoms with Crippen LogP contribution in [0.2, 0.25) is 0 Å². The largest absolute Gasteiger partial charge is 0.371 e. The molecule has 0 spiro atoms. The fourth-order valence-corrected chi connectivity index (χ4v) is 2.93. The molecule has 1 aromatic carbocycles. The van der Waals surface area contributed by atoms with Crippen LogP contribution in [0.15, 0.2) is 24.3 Å². The van der Waals surface area contributed by atoms with Gasteiger partial charge in [0.25, 0.3) is 0 Å². The Morgan fingerprint density at radius 2 is 1.89 bits per heavy atom. The third-order valence-electron chi connectivity index (χ3n) is 4.31. The second-order valence-electron chi connectivity index (χ2n) is 5.76. The highest BCUT2D eigenvalue weighted by atomic mass is 15.2. The SMILES string of the molecule is CC[C@H](N)c1ccccc1N1CCC(N(C)C)CC1. The van der Waals surface area contributed by atoms with Gasteiger partial charge in [-0.3, -0.25) is 0 Å². The standard InChI is InChI=1S/C16H27N3/c1-4-15(17)14-7-5-6-8-16(14)19-11-9-13(10-12-19)18(2)3/h5-8,13,15H,4,9-12,17H2,1-3H3/t15-/m0/s1. The predicted molar refractivity (Wildman–Crippen MR) is 82.6 cm³/mol. The zero-order chi connectivity index (χ0) is 13.8. The van der Waals surface area contributed by atoms with E-state index in [4.69, 9.17) is 5.73 Å². The summed E-state index contributed by atoms with van der Waals surface area (Å²) in [5.41, 5.74) is 8.88. The highest BCUT2D eigenvalue weighted by molar-refractivity contribution is 5.55. The molecule has 1 aromatic rings. The molecule has 0 radical (unpaired) electrons. The van der Waals surface area contributed by atoms with E-state index in [2.05, 4.69) is 55.1 Å². The molecular weight excluding hydrogens is 234 g/mol. The molecule has 0 bridgehead atoms. The Morgan fingerprint density at radius 1 is 1.26 bits per heavy atom. The molecule has 1 fully saturated rings. The second kappa shape index (κ2) is 6.40. The number of benzene rings is 1. The van der Waals surface area contributed by atoms with Gasteiger partial charge in [-0.15, -0.1) is 0 Å². The molecule has 3 nitrogen and oxygen atoms in total. The van der Waals surface area contributed by atoms with Crippen LogP contribution in [0.25, 0.3) is 0 Å². The maximum Gasteiger partial charge on any atom is 0.0414 e. The Bertz CT molecular complexity index is 395. The predicted octanol–water partition coefficient (Wildman–Crippen LogP) is 2.63. The van der Waals surface area contributed by atoms with Crippen LogP contribution in [0.4, 0.5) is 5.69 Å².